The topological polar surface area (TPSA) is 25.8 Å². The number of hydrogen-bond donors (Lipinski definition) is 0. The zero-order valence-electron chi connectivity index (χ0n) is 9.27. The Kier molecular flexibility index (Phi) is 4.67. The van der Waals surface area contributed by atoms with Crippen molar-refractivity contribution in [1.82, 2.24) is 9.97 Å². The number of alkyl halides is 1. The molecule has 0 fully saturated rings. The van der Waals surface area contributed by atoms with E-state index in [4.69, 9.17) is 11.6 Å². The average molecular weight is 357 g/mol. The minimum Gasteiger partial charge on any atom is -0.226 e. The summed E-state index contributed by atoms with van der Waals surface area (Å²) in [5.41, 5.74) is 2.04. The quantitative estimate of drug-likeness (QED) is 0.267. The number of thioether (sulfide) groups is 1. The van der Waals surface area contributed by atoms with Gasteiger partial charge in [0.2, 0.25) is 0 Å². The Bertz CT molecular complexity index is 369. The minimum absolute atomic E-state index is 0.0267. The zero-order chi connectivity index (χ0) is 11.6. The highest BCUT2D eigenvalue weighted by Gasteiger charge is 2.26. The lowest BCUT2D eigenvalue weighted by Crippen LogP contribution is -2.16. The van der Waals surface area contributed by atoms with Gasteiger partial charge in [-0.2, -0.15) is 0 Å². The Balaban J connectivity index is 3.34. The van der Waals surface area contributed by atoms with Crippen LogP contribution in [-0.2, 0) is 3.42 Å². The van der Waals surface area contributed by atoms with Crippen LogP contribution >= 0.6 is 46.0 Å². The van der Waals surface area contributed by atoms with E-state index in [2.05, 4.69) is 46.4 Å². The van der Waals surface area contributed by atoms with Crippen LogP contribution in [0.5, 0.6) is 0 Å². The van der Waals surface area contributed by atoms with Crippen LogP contribution in [0, 0.1) is 6.92 Å². The Morgan fingerprint density at radius 1 is 1.47 bits per heavy atom. The van der Waals surface area contributed by atoms with Crippen molar-refractivity contribution in [2.45, 2.75) is 35.8 Å². The van der Waals surface area contributed by atoms with Gasteiger partial charge in [0.05, 0.1) is 9.12 Å². The Morgan fingerprint density at radius 2 is 2.07 bits per heavy atom. The fourth-order valence-electron chi connectivity index (χ4n) is 1.24. The first-order valence-electron chi connectivity index (χ1n) is 4.70. The first-order chi connectivity index (χ1) is 6.92. The third-order valence-electron chi connectivity index (χ3n) is 2.41. The lowest BCUT2D eigenvalue weighted by molar-refractivity contribution is 0.653. The van der Waals surface area contributed by atoms with Crippen molar-refractivity contribution in [3.63, 3.8) is 0 Å². The summed E-state index contributed by atoms with van der Waals surface area (Å²) in [6, 6.07) is 0. The van der Waals surface area contributed by atoms with Crippen molar-refractivity contribution < 1.29 is 0 Å². The second kappa shape index (κ2) is 5.19. The number of hydrogen-bond acceptors (Lipinski definition) is 3. The van der Waals surface area contributed by atoms with Gasteiger partial charge in [-0.05, 0) is 26.5 Å². The maximum absolute atomic E-state index is 6.09. The molecule has 0 amide bonds. The van der Waals surface area contributed by atoms with Crippen molar-refractivity contribution in [2.75, 3.05) is 6.26 Å². The van der Waals surface area contributed by atoms with Crippen LogP contribution in [0.15, 0.2) is 5.16 Å². The molecule has 0 aliphatic carbocycles. The predicted octanol–water partition coefficient (Wildman–Crippen LogP) is 4.22. The summed E-state index contributed by atoms with van der Waals surface area (Å²) in [6.45, 7) is 6.30. The van der Waals surface area contributed by atoms with Gasteiger partial charge in [-0.15, -0.1) is 0 Å². The van der Waals surface area contributed by atoms with E-state index in [0.29, 0.717) is 5.15 Å². The molecule has 0 saturated heterocycles. The summed E-state index contributed by atoms with van der Waals surface area (Å²) in [6.07, 6.45) is 2.98. The average Bonchev–Trinajstić information content (AvgIpc) is 2.21. The highest BCUT2D eigenvalue weighted by molar-refractivity contribution is 14.1. The van der Waals surface area contributed by atoms with Gasteiger partial charge in [0, 0.05) is 5.56 Å². The van der Waals surface area contributed by atoms with Crippen LogP contribution in [0.2, 0.25) is 5.15 Å². The molecule has 1 unspecified atom stereocenters. The SMILES string of the molecule is CCC(C)(I)c1nc(SC)nc(Cl)c1C. The van der Waals surface area contributed by atoms with Gasteiger partial charge < -0.3 is 0 Å². The van der Waals surface area contributed by atoms with Crippen LogP contribution in [-0.4, -0.2) is 16.2 Å². The van der Waals surface area contributed by atoms with Gasteiger partial charge >= 0.3 is 0 Å². The molecule has 1 atom stereocenters. The van der Waals surface area contributed by atoms with Crippen molar-refractivity contribution in [3.8, 4) is 0 Å². The molecular formula is C10H14ClIN2S. The van der Waals surface area contributed by atoms with E-state index in [1.54, 1.807) is 0 Å². The highest BCUT2D eigenvalue weighted by atomic mass is 127. The number of halogens is 2. The summed E-state index contributed by atoms with van der Waals surface area (Å²) in [5.74, 6) is 0. The van der Waals surface area contributed by atoms with Crippen molar-refractivity contribution in [1.29, 1.82) is 0 Å². The van der Waals surface area contributed by atoms with Crippen LogP contribution in [0.3, 0.4) is 0 Å². The third-order valence-corrected chi connectivity index (χ3v) is 4.60. The Morgan fingerprint density at radius 3 is 2.53 bits per heavy atom. The van der Waals surface area contributed by atoms with Crippen molar-refractivity contribution >= 4 is 46.0 Å². The lowest BCUT2D eigenvalue weighted by Gasteiger charge is -2.22. The molecule has 0 saturated carbocycles. The second-order valence-corrected chi connectivity index (χ2v) is 7.04. The van der Waals surface area contributed by atoms with Crippen LogP contribution < -0.4 is 0 Å². The first kappa shape index (κ1) is 13.5. The third kappa shape index (κ3) is 2.97. The van der Waals surface area contributed by atoms with E-state index >= 15 is 0 Å². The number of nitrogens with zero attached hydrogens (tertiary/aromatic N) is 2. The molecule has 1 aromatic heterocycles. The normalized spacial score (nSPS) is 15.1. The lowest BCUT2D eigenvalue weighted by atomic mass is 10.0. The summed E-state index contributed by atoms with van der Waals surface area (Å²) < 4.78 is 0.0267. The van der Waals surface area contributed by atoms with E-state index < -0.39 is 0 Å². The standard InChI is InChI=1S/C10H14ClIN2S/c1-5-10(3,12)7-6(2)8(11)14-9(13-7)15-4/h5H2,1-4H3. The maximum Gasteiger partial charge on any atom is 0.188 e. The van der Waals surface area contributed by atoms with E-state index in [-0.39, 0.29) is 3.42 Å². The molecule has 0 aliphatic heterocycles. The Hall–Kier alpha value is 0.450. The van der Waals surface area contributed by atoms with E-state index in [1.807, 2.05) is 13.2 Å². The minimum atomic E-state index is 0.0267. The van der Waals surface area contributed by atoms with E-state index in [0.717, 1.165) is 22.8 Å². The van der Waals surface area contributed by atoms with Crippen molar-refractivity contribution in [2.24, 2.45) is 0 Å². The summed E-state index contributed by atoms with van der Waals surface area (Å²) in [5, 5.41) is 1.32. The molecular weight excluding hydrogens is 343 g/mol. The van der Waals surface area contributed by atoms with Gasteiger partial charge in [0.15, 0.2) is 5.16 Å². The molecule has 15 heavy (non-hydrogen) atoms. The monoisotopic (exact) mass is 356 g/mol. The smallest absolute Gasteiger partial charge is 0.188 e. The summed E-state index contributed by atoms with van der Waals surface area (Å²) >= 11 is 10.0. The number of aromatic nitrogens is 2. The van der Waals surface area contributed by atoms with E-state index in [1.165, 1.54) is 11.8 Å². The van der Waals surface area contributed by atoms with Crippen LogP contribution in [0.1, 0.15) is 31.5 Å². The largest absolute Gasteiger partial charge is 0.226 e. The van der Waals surface area contributed by atoms with Gasteiger partial charge in [-0.25, -0.2) is 9.97 Å². The van der Waals surface area contributed by atoms with Gasteiger partial charge in [-0.1, -0.05) is 52.9 Å². The first-order valence-corrected chi connectivity index (χ1v) is 7.38. The highest BCUT2D eigenvalue weighted by Crippen LogP contribution is 2.37. The molecule has 0 spiro atoms. The molecule has 1 aromatic rings. The molecule has 5 heteroatoms. The summed E-state index contributed by atoms with van der Waals surface area (Å²) in [7, 11) is 0. The fourth-order valence-corrected chi connectivity index (χ4v) is 2.35. The van der Waals surface area contributed by atoms with Gasteiger partial charge in [-0.3, -0.25) is 0 Å². The van der Waals surface area contributed by atoms with Crippen LogP contribution in [0.4, 0.5) is 0 Å². The Labute approximate surface area is 114 Å². The molecule has 84 valence electrons. The maximum atomic E-state index is 6.09. The molecule has 0 aliphatic rings. The van der Waals surface area contributed by atoms with Crippen LogP contribution in [0.25, 0.3) is 0 Å². The molecule has 1 heterocycles. The van der Waals surface area contributed by atoms with Crippen molar-refractivity contribution in [3.05, 3.63) is 16.4 Å². The second-order valence-electron chi connectivity index (χ2n) is 3.53. The van der Waals surface area contributed by atoms with E-state index in [9.17, 15) is 0 Å². The molecule has 0 N–H and O–H groups in total. The molecule has 0 bridgehead atoms. The molecule has 1 rings (SSSR count). The number of rotatable bonds is 3. The van der Waals surface area contributed by atoms with Gasteiger partial charge in [0.25, 0.3) is 0 Å². The zero-order valence-corrected chi connectivity index (χ0v) is 13.0. The predicted molar refractivity (Wildman–Crippen MR) is 75.2 cm³/mol. The molecule has 0 aromatic carbocycles. The summed E-state index contributed by atoms with van der Waals surface area (Å²) in [4.78, 5) is 8.77. The molecule has 0 radical (unpaired) electrons. The fraction of sp³-hybridized carbons (Fsp3) is 0.600. The molecule has 2 nitrogen and oxygen atoms in total. The van der Waals surface area contributed by atoms with Gasteiger partial charge in [0.1, 0.15) is 5.15 Å².